The molecule has 0 unspecified atom stereocenters. The predicted molar refractivity (Wildman–Crippen MR) is 113 cm³/mol. The molecule has 0 fully saturated rings. The Balaban J connectivity index is 2.22. The summed E-state index contributed by atoms with van der Waals surface area (Å²) in [4.78, 5) is 37.5. The number of ether oxygens (including phenoxy) is 2. The van der Waals surface area contributed by atoms with Crippen molar-refractivity contribution in [3.8, 4) is 0 Å². The largest absolute Gasteiger partial charge is 0.462 e. The quantitative estimate of drug-likeness (QED) is 0.565. The Kier molecular flexibility index (Phi) is 7.97. The van der Waals surface area contributed by atoms with Crippen LogP contribution >= 0.6 is 27.3 Å². The van der Waals surface area contributed by atoms with Gasteiger partial charge in [0.2, 0.25) is 5.91 Å². The van der Waals surface area contributed by atoms with Crippen LogP contribution in [0.1, 0.15) is 58.5 Å². The van der Waals surface area contributed by atoms with E-state index in [4.69, 9.17) is 9.47 Å². The van der Waals surface area contributed by atoms with Gasteiger partial charge >= 0.3 is 11.9 Å². The van der Waals surface area contributed by atoms with Crippen molar-refractivity contribution in [1.82, 2.24) is 9.78 Å². The number of carbonyl (C=O) groups is 3. The highest BCUT2D eigenvalue weighted by molar-refractivity contribution is 9.10. The fraction of sp³-hybridized carbons (Fsp3) is 0.474. The molecule has 0 atom stereocenters. The molecule has 29 heavy (non-hydrogen) atoms. The minimum absolute atomic E-state index is 0.151. The van der Waals surface area contributed by atoms with Crippen molar-refractivity contribution >= 4 is 50.1 Å². The lowest BCUT2D eigenvalue weighted by molar-refractivity contribution is -0.116. The van der Waals surface area contributed by atoms with Gasteiger partial charge in [0.25, 0.3) is 0 Å². The SMILES string of the molecule is CCOC(=O)c1sc(NC(=O)CCn2cc(Br)c(C)n2)c(C(=O)OC(C)C)c1C. The van der Waals surface area contributed by atoms with Crippen molar-refractivity contribution < 1.29 is 23.9 Å². The van der Waals surface area contributed by atoms with E-state index in [9.17, 15) is 14.4 Å². The van der Waals surface area contributed by atoms with Crippen LogP contribution in [-0.2, 0) is 20.8 Å². The summed E-state index contributed by atoms with van der Waals surface area (Å²) >= 11 is 4.39. The molecule has 0 aromatic carbocycles. The molecule has 8 nitrogen and oxygen atoms in total. The number of amides is 1. The van der Waals surface area contributed by atoms with Gasteiger partial charge in [-0.3, -0.25) is 9.48 Å². The Hall–Kier alpha value is -2.20. The Morgan fingerprint density at radius 1 is 1.28 bits per heavy atom. The molecule has 0 bridgehead atoms. The number of aromatic nitrogens is 2. The summed E-state index contributed by atoms with van der Waals surface area (Å²) in [5.74, 6) is -1.43. The molecular weight excluding hydrogens is 462 g/mol. The van der Waals surface area contributed by atoms with E-state index in [1.165, 1.54) is 0 Å². The van der Waals surface area contributed by atoms with Crippen LogP contribution < -0.4 is 5.32 Å². The summed E-state index contributed by atoms with van der Waals surface area (Å²) in [6.07, 6.45) is 1.61. The number of halogens is 1. The molecule has 2 heterocycles. The first-order valence-electron chi connectivity index (χ1n) is 9.14. The molecule has 1 N–H and O–H groups in total. The second kappa shape index (κ2) is 10.0. The first-order chi connectivity index (χ1) is 13.6. The van der Waals surface area contributed by atoms with E-state index in [1.54, 1.807) is 38.6 Å². The Morgan fingerprint density at radius 2 is 1.97 bits per heavy atom. The molecule has 0 radical (unpaired) electrons. The van der Waals surface area contributed by atoms with Gasteiger partial charge < -0.3 is 14.8 Å². The monoisotopic (exact) mass is 485 g/mol. The van der Waals surface area contributed by atoms with Gasteiger partial charge in [-0.1, -0.05) is 0 Å². The zero-order valence-corrected chi connectivity index (χ0v) is 19.4. The number of rotatable bonds is 8. The standard InChI is InChI=1S/C19H24BrN3O5S/c1-6-27-19(26)16-11(4)15(18(25)28-10(2)3)17(29-16)21-14(24)7-8-23-9-13(20)12(5)22-23/h9-10H,6-8H2,1-5H3,(H,21,24). The zero-order valence-electron chi connectivity index (χ0n) is 17.0. The van der Waals surface area contributed by atoms with Crippen LogP contribution in [-0.4, -0.2) is 40.3 Å². The molecule has 2 aromatic heterocycles. The van der Waals surface area contributed by atoms with Crippen LogP contribution in [0.3, 0.4) is 0 Å². The van der Waals surface area contributed by atoms with Crippen molar-refractivity contribution in [2.75, 3.05) is 11.9 Å². The van der Waals surface area contributed by atoms with Crippen molar-refractivity contribution in [1.29, 1.82) is 0 Å². The molecule has 2 aromatic rings. The molecular formula is C19H24BrN3O5S. The highest BCUT2D eigenvalue weighted by Gasteiger charge is 2.27. The van der Waals surface area contributed by atoms with E-state index in [1.807, 2.05) is 6.92 Å². The zero-order chi connectivity index (χ0) is 21.7. The molecule has 0 spiro atoms. The van der Waals surface area contributed by atoms with Crippen molar-refractivity contribution in [2.45, 2.75) is 53.7 Å². The van der Waals surface area contributed by atoms with Crippen molar-refractivity contribution in [3.05, 3.63) is 32.4 Å². The van der Waals surface area contributed by atoms with E-state index in [0.29, 0.717) is 12.1 Å². The number of nitrogens with zero attached hydrogens (tertiary/aromatic N) is 2. The third kappa shape index (κ3) is 5.89. The lowest BCUT2D eigenvalue weighted by atomic mass is 10.1. The van der Waals surface area contributed by atoms with Crippen LogP contribution in [0.2, 0.25) is 0 Å². The summed E-state index contributed by atoms with van der Waals surface area (Å²) in [5, 5.41) is 7.30. The molecule has 0 aliphatic carbocycles. The van der Waals surface area contributed by atoms with E-state index in [2.05, 4.69) is 26.3 Å². The molecule has 0 aliphatic rings. The predicted octanol–water partition coefficient (Wildman–Crippen LogP) is 4.09. The number of esters is 2. The number of hydrogen-bond donors (Lipinski definition) is 1. The molecule has 0 saturated heterocycles. The van der Waals surface area contributed by atoms with Crippen LogP contribution in [0.15, 0.2) is 10.7 Å². The van der Waals surface area contributed by atoms with Crippen molar-refractivity contribution in [2.24, 2.45) is 0 Å². The Bertz CT molecular complexity index is 900. The van der Waals surface area contributed by atoms with E-state index in [-0.39, 0.29) is 40.5 Å². The highest BCUT2D eigenvalue weighted by Crippen LogP contribution is 2.34. The van der Waals surface area contributed by atoms with Gasteiger partial charge in [0, 0.05) is 19.2 Å². The average Bonchev–Trinajstić information content (AvgIpc) is 3.12. The van der Waals surface area contributed by atoms with Gasteiger partial charge in [0.15, 0.2) is 0 Å². The van der Waals surface area contributed by atoms with E-state index in [0.717, 1.165) is 21.5 Å². The molecule has 0 saturated carbocycles. The number of thiophene rings is 1. The number of anilines is 1. The molecule has 2 rings (SSSR count). The fourth-order valence-electron chi connectivity index (χ4n) is 2.53. The van der Waals surface area contributed by atoms with Gasteiger partial charge in [0.1, 0.15) is 9.88 Å². The smallest absolute Gasteiger partial charge is 0.348 e. The minimum atomic E-state index is -0.591. The fourth-order valence-corrected chi connectivity index (χ4v) is 3.95. The number of carbonyl (C=O) groups excluding carboxylic acids is 3. The lowest BCUT2D eigenvalue weighted by Crippen LogP contribution is -2.18. The van der Waals surface area contributed by atoms with Crippen LogP contribution in [0.4, 0.5) is 5.00 Å². The summed E-state index contributed by atoms with van der Waals surface area (Å²) in [6, 6.07) is 0. The third-order valence-electron chi connectivity index (χ3n) is 3.86. The maximum atomic E-state index is 12.6. The van der Waals surface area contributed by atoms with Crippen LogP contribution in [0, 0.1) is 13.8 Å². The molecule has 10 heteroatoms. The number of nitrogens with one attached hydrogen (secondary N) is 1. The molecule has 158 valence electrons. The maximum absolute atomic E-state index is 12.6. The Labute approximate surface area is 181 Å². The molecule has 0 aliphatic heterocycles. The highest BCUT2D eigenvalue weighted by atomic mass is 79.9. The van der Waals surface area contributed by atoms with Gasteiger partial charge in [0.05, 0.1) is 28.4 Å². The lowest BCUT2D eigenvalue weighted by Gasteiger charge is -2.10. The van der Waals surface area contributed by atoms with Gasteiger partial charge in [-0.05, 0) is 56.1 Å². The summed E-state index contributed by atoms with van der Waals surface area (Å²) in [7, 11) is 0. The average molecular weight is 486 g/mol. The minimum Gasteiger partial charge on any atom is -0.462 e. The van der Waals surface area contributed by atoms with Crippen molar-refractivity contribution in [3.63, 3.8) is 0 Å². The second-order valence-corrected chi connectivity index (χ2v) is 8.43. The third-order valence-corrected chi connectivity index (χ3v) is 5.83. The van der Waals surface area contributed by atoms with E-state index < -0.39 is 11.9 Å². The molecule has 1 amide bonds. The topological polar surface area (TPSA) is 99.5 Å². The summed E-state index contributed by atoms with van der Waals surface area (Å²) in [6.45, 7) is 9.25. The van der Waals surface area contributed by atoms with E-state index >= 15 is 0 Å². The number of aryl methyl sites for hydroxylation is 2. The van der Waals surface area contributed by atoms with Gasteiger partial charge in [-0.15, -0.1) is 11.3 Å². The first kappa shape index (κ1) is 23.1. The van der Waals surface area contributed by atoms with Crippen LogP contribution in [0.25, 0.3) is 0 Å². The van der Waals surface area contributed by atoms with Crippen LogP contribution in [0.5, 0.6) is 0 Å². The first-order valence-corrected chi connectivity index (χ1v) is 10.8. The summed E-state index contributed by atoms with van der Waals surface area (Å²) in [5.41, 5.74) is 1.44. The second-order valence-electron chi connectivity index (χ2n) is 6.56. The Morgan fingerprint density at radius 3 is 2.52 bits per heavy atom. The number of hydrogen-bond acceptors (Lipinski definition) is 7. The normalized spacial score (nSPS) is 10.9. The van der Waals surface area contributed by atoms with Gasteiger partial charge in [-0.2, -0.15) is 5.10 Å². The maximum Gasteiger partial charge on any atom is 0.348 e. The van der Waals surface area contributed by atoms with Gasteiger partial charge in [-0.25, -0.2) is 9.59 Å². The summed E-state index contributed by atoms with van der Waals surface area (Å²) < 4.78 is 12.9.